The Morgan fingerprint density at radius 1 is 1.38 bits per heavy atom. The number of nitrogens with one attached hydrogen (secondary N) is 1. The summed E-state index contributed by atoms with van der Waals surface area (Å²) >= 11 is 0. The molecule has 7 heteroatoms. The van der Waals surface area contributed by atoms with Gasteiger partial charge in [0, 0.05) is 25.4 Å². The lowest BCUT2D eigenvalue weighted by molar-refractivity contribution is 0.00578. The molecule has 1 aromatic rings. The third kappa shape index (κ3) is 3.15. The van der Waals surface area contributed by atoms with Gasteiger partial charge in [0.2, 0.25) is 0 Å². The van der Waals surface area contributed by atoms with Gasteiger partial charge < -0.3 is 20.4 Å². The van der Waals surface area contributed by atoms with Gasteiger partial charge in [-0.3, -0.25) is 4.68 Å². The van der Waals surface area contributed by atoms with Crippen LogP contribution in [-0.4, -0.2) is 41.7 Å². The molecule has 0 unspecified atom stereocenters. The highest BCUT2D eigenvalue weighted by Crippen LogP contribution is 2.38. The first-order valence-corrected chi connectivity index (χ1v) is 7.16. The number of hydrogen-bond donors (Lipinski definition) is 2. The predicted octanol–water partition coefficient (Wildman–Crippen LogP) is 1.24. The predicted molar refractivity (Wildman–Crippen MR) is 85.6 cm³/mol. The highest BCUT2D eigenvalue weighted by atomic mass is 16.7. The third-order valence-electron chi connectivity index (χ3n) is 4.16. The van der Waals surface area contributed by atoms with Crippen molar-refractivity contribution in [1.29, 1.82) is 0 Å². The van der Waals surface area contributed by atoms with E-state index in [0.717, 1.165) is 11.0 Å². The quantitative estimate of drug-likeness (QED) is 0.817. The summed E-state index contributed by atoms with van der Waals surface area (Å²) in [5, 5.41) is 7.31. The monoisotopic (exact) mass is 292 g/mol. The van der Waals surface area contributed by atoms with Crippen molar-refractivity contribution in [2.75, 3.05) is 19.3 Å². The maximum atomic E-state index is 6.10. The Kier molecular flexibility index (Phi) is 4.19. The lowest BCUT2D eigenvalue weighted by Crippen LogP contribution is -2.41. The average molecular weight is 292 g/mol. The van der Waals surface area contributed by atoms with Crippen molar-refractivity contribution in [2.24, 2.45) is 7.05 Å². The summed E-state index contributed by atoms with van der Waals surface area (Å²) < 4.78 is 13.9. The van der Waals surface area contributed by atoms with E-state index in [9.17, 15) is 0 Å². The van der Waals surface area contributed by atoms with Gasteiger partial charge in [-0.05, 0) is 40.2 Å². The minimum absolute atomic E-state index is 0.356. The normalized spacial score (nSPS) is 21.0. The molecule has 1 fully saturated rings. The number of likely N-dealkylation sites (N-methyl/N-ethyl adjacent to an activating group) is 1. The number of aromatic nitrogens is 2. The molecule has 0 aliphatic carbocycles. The molecule has 3 N–H and O–H groups in total. The third-order valence-corrected chi connectivity index (χ3v) is 4.16. The van der Waals surface area contributed by atoms with Crippen LogP contribution >= 0.6 is 0 Å². The zero-order chi connectivity index (χ0) is 15.8. The van der Waals surface area contributed by atoms with Gasteiger partial charge in [0.1, 0.15) is 0 Å². The van der Waals surface area contributed by atoms with Gasteiger partial charge in [0.05, 0.1) is 11.2 Å². The zero-order valence-electron chi connectivity index (χ0n) is 13.7. The van der Waals surface area contributed by atoms with Crippen LogP contribution in [0.1, 0.15) is 33.3 Å². The Morgan fingerprint density at radius 2 is 1.95 bits per heavy atom. The van der Waals surface area contributed by atoms with E-state index in [4.69, 9.17) is 15.0 Å². The summed E-state index contributed by atoms with van der Waals surface area (Å²) in [7, 11) is 3.35. The van der Waals surface area contributed by atoms with E-state index >= 15 is 0 Å². The van der Waals surface area contributed by atoms with Gasteiger partial charge in [0.15, 0.2) is 5.82 Å². The standard InChI is InChI=1S/C14H25BN4O2/c1-13(2)14(3,4)21-15(20-13)11(8-17-5)7-10-9-19(6)18-12(10)16/h7,9,17H,8H2,1-6H3,(H2,16,18). The van der Waals surface area contributed by atoms with E-state index in [1.54, 1.807) is 4.68 Å². The molecular weight excluding hydrogens is 267 g/mol. The van der Waals surface area contributed by atoms with Gasteiger partial charge in [-0.25, -0.2) is 0 Å². The Morgan fingerprint density at radius 3 is 2.38 bits per heavy atom. The second-order valence-corrected chi connectivity index (χ2v) is 6.48. The van der Waals surface area contributed by atoms with Crippen molar-refractivity contribution in [3.63, 3.8) is 0 Å². The molecule has 1 saturated heterocycles. The molecule has 116 valence electrons. The Balaban J connectivity index is 2.31. The van der Waals surface area contributed by atoms with Crippen LogP contribution in [0.15, 0.2) is 11.7 Å². The van der Waals surface area contributed by atoms with Crippen LogP contribution in [0.4, 0.5) is 5.82 Å². The van der Waals surface area contributed by atoms with Crippen LogP contribution in [0.25, 0.3) is 6.08 Å². The van der Waals surface area contributed by atoms with Crippen LogP contribution in [0.5, 0.6) is 0 Å². The van der Waals surface area contributed by atoms with Crippen molar-refractivity contribution in [2.45, 2.75) is 38.9 Å². The lowest BCUT2D eigenvalue weighted by Gasteiger charge is -2.32. The molecule has 6 nitrogen and oxygen atoms in total. The van der Waals surface area contributed by atoms with E-state index in [2.05, 4.69) is 10.4 Å². The summed E-state index contributed by atoms with van der Waals surface area (Å²) in [6.07, 6.45) is 3.87. The number of hydrogen-bond acceptors (Lipinski definition) is 5. The maximum Gasteiger partial charge on any atom is 0.491 e. The van der Waals surface area contributed by atoms with Gasteiger partial charge in [-0.2, -0.15) is 5.10 Å². The fraction of sp³-hybridized carbons (Fsp3) is 0.643. The smallest absolute Gasteiger partial charge is 0.400 e. The zero-order valence-corrected chi connectivity index (χ0v) is 13.7. The van der Waals surface area contributed by atoms with E-state index < -0.39 is 0 Å². The fourth-order valence-electron chi connectivity index (χ4n) is 2.24. The summed E-state index contributed by atoms with van der Waals surface area (Å²) in [6, 6.07) is 0. The highest BCUT2D eigenvalue weighted by molar-refractivity contribution is 6.56. The summed E-state index contributed by atoms with van der Waals surface area (Å²) in [6.45, 7) is 8.83. The molecule has 21 heavy (non-hydrogen) atoms. The number of nitrogens with zero attached hydrogens (tertiary/aromatic N) is 2. The first-order valence-electron chi connectivity index (χ1n) is 7.16. The van der Waals surface area contributed by atoms with E-state index in [1.165, 1.54) is 0 Å². The minimum atomic E-state index is -0.387. The highest BCUT2D eigenvalue weighted by Gasteiger charge is 2.52. The van der Waals surface area contributed by atoms with Gasteiger partial charge in [0.25, 0.3) is 0 Å². The summed E-state index contributed by atoms with van der Waals surface area (Å²) in [5.74, 6) is 0.502. The maximum absolute atomic E-state index is 6.10. The topological polar surface area (TPSA) is 74.3 Å². The molecule has 0 bridgehead atoms. The van der Waals surface area contributed by atoms with Crippen molar-refractivity contribution >= 4 is 19.0 Å². The van der Waals surface area contributed by atoms with Crippen LogP contribution in [0, 0.1) is 0 Å². The van der Waals surface area contributed by atoms with Gasteiger partial charge in [-0.1, -0.05) is 6.08 Å². The molecule has 1 aliphatic heterocycles. The first-order chi connectivity index (χ1) is 9.66. The molecule has 0 radical (unpaired) electrons. The summed E-state index contributed by atoms with van der Waals surface area (Å²) in [5.41, 5.74) is 7.07. The van der Waals surface area contributed by atoms with Crippen molar-refractivity contribution in [1.82, 2.24) is 15.1 Å². The van der Waals surface area contributed by atoms with Crippen molar-refractivity contribution in [3.8, 4) is 0 Å². The lowest BCUT2D eigenvalue weighted by atomic mass is 9.77. The van der Waals surface area contributed by atoms with E-state index in [1.807, 2.05) is 54.1 Å². The molecular formula is C14H25BN4O2. The molecule has 1 aliphatic rings. The van der Waals surface area contributed by atoms with Gasteiger partial charge >= 0.3 is 7.12 Å². The van der Waals surface area contributed by atoms with E-state index in [-0.39, 0.29) is 18.3 Å². The molecule has 0 atom stereocenters. The molecule has 2 rings (SSSR count). The Labute approximate surface area is 126 Å². The van der Waals surface area contributed by atoms with Crippen molar-refractivity contribution < 1.29 is 9.31 Å². The average Bonchev–Trinajstić information content (AvgIpc) is 2.75. The Hall–Kier alpha value is -1.31. The number of nitrogen functional groups attached to an aromatic ring is 1. The van der Waals surface area contributed by atoms with Crippen LogP contribution < -0.4 is 11.1 Å². The number of rotatable bonds is 4. The number of aryl methyl sites for hydroxylation is 1. The second kappa shape index (κ2) is 5.48. The molecule has 0 saturated carbocycles. The SMILES string of the molecule is CNCC(=Cc1cn(C)nc1N)B1OC(C)(C)C(C)(C)O1. The molecule has 0 aromatic carbocycles. The summed E-state index contributed by atoms with van der Waals surface area (Å²) in [4.78, 5) is 0. The minimum Gasteiger partial charge on any atom is -0.400 e. The van der Waals surface area contributed by atoms with Crippen LogP contribution in [0.2, 0.25) is 0 Å². The molecule has 0 amide bonds. The van der Waals surface area contributed by atoms with Gasteiger partial charge in [-0.15, -0.1) is 0 Å². The fourth-order valence-corrected chi connectivity index (χ4v) is 2.24. The Bertz CT molecular complexity index is 535. The molecule has 2 heterocycles. The van der Waals surface area contributed by atoms with Crippen LogP contribution in [-0.2, 0) is 16.4 Å². The first kappa shape index (κ1) is 16.1. The number of anilines is 1. The number of nitrogens with two attached hydrogens (primary N) is 1. The van der Waals surface area contributed by atoms with Crippen LogP contribution in [0.3, 0.4) is 0 Å². The molecule has 0 spiro atoms. The van der Waals surface area contributed by atoms with E-state index in [0.29, 0.717) is 12.4 Å². The molecule has 1 aromatic heterocycles. The second-order valence-electron chi connectivity index (χ2n) is 6.48. The largest absolute Gasteiger partial charge is 0.491 e. The van der Waals surface area contributed by atoms with Crippen molar-refractivity contribution in [3.05, 3.63) is 17.2 Å².